The number of hydrogen-bond acceptors (Lipinski definition) is 0. The lowest BCUT2D eigenvalue weighted by Gasteiger charge is -2.38. The van der Waals surface area contributed by atoms with E-state index >= 15 is 0 Å². The molecule has 0 N–H and O–H groups in total. The average Bonchev–Trinajstić information content (AvgIpc) is 3.25. The number of halogens is 1. The zero-order chi connectivity index (χ0) is 37.1. The Morgan fingerprint density at radius 1 is 0.294 bits per heavy atom. The van der Waals surface area contributed by atoms with Gasteiger partial charge in [-0.15, -0.1) is 0 Å². The van der Waals surface area contributed by atoms with Gasteiger partial charge in [-0.25, -0.2) is 0 Å². The maximum atomic E-state index is 10.8. The van der Waals surface area contributed by atoms with Gasteiger partial charge in [-0.1, -0.05) is 228 Å². The first-order valence-electron chi connectivity index (χ1n) is 18.7. The summed E-state index contributed by atoms with van der Waals surface area (Å²) in [7, 11) is -6.87. The van der Waals surface area contributed by atoms with Crippen LogP contribution >= 0.6 is 15.9 Å². The summed E-state index contributed by atoms with van der Waals surface area (Å²) in [5, 5.41) is 7.81. The average molecular weight is 753 g/mol. The summed E-state index contributed by atoms with van der Waals surface area (Å²) >= 11 is 3.87. The molecule has 0 amide bonds. The van der Waals surface area contributed by atoms with Gasteiger partial charge < -0.3 is 0 Å². The maximum absolute atomic E-state index is 10.8. The molecule has 8 aromatic carbocycles. The molecule has 3 heteroatoms. The molecule has 0 unspecified atom stereocenters. The van der Waals surface area contributed by atoms with E-state index in [9.17, 15) is 4.11 Å². The van der Waals surface area contributed by atoms with Crippen LogP contribution in [0.3, 0.4) is 0 Å². The highest BCUT2D eigenvalue weighted by molar-refractivity contribution is 9.10. The van der Waals surface area contributed by atoms with Gasteiger partial charge in [0.05, 0.1) is 4.11 Å². The lowest BCUT2D eigenvalue weighted by Crippen LogP contribution is -2.78. The van der Waals surface area contributed by atoms with Crippen LogP contribution < -0.4 is 41.5 Å². The molecule has 0 heterocycles. The van der Waals surface area contributed by atoms with Gasteiger partial charge in [-0.2, -0.15) is 0 Å². The van der Waals surface area contributed by atoms with Crippen molar-refractivity contribution in [3.63, 3.8) is 0 Å². The van der Waals surface area contributed by atoms with E-state index in [2.05, 4.69) is 186 Å². The second kappa shape index (κ2) is 14.5. The zero-order valence-electron chi connectivity index (χ0n) is 31.0. The van der Waals surface area contributed by atoms with Crippen LogP contribution in [-0.2, 0) is 0 Å². The Balaban J connectivity index is 1.60. The quantitative estimate of drug-likeness (QED) is 0.112. The van der Waals surface area contributed by atoms with Gasteiger partial charge in [-0.05, 0) is 64.7 Å². The van der Waals surface area contributed by atoms with Gasteiger partial charge in [0.25, 0.3) is 0 Å². The van der Waals surface area contributed by atoms with Crippen molar-refractivity contribution in [1.29, 1.82) is 0 Å². The molecule has 0 saturated heterocycles. The highest BCUT2D eigenvalue weighted by atomic mass is 79.9. The van der Waals surface area contributed by atoms with Crippen LogP contribution in [0.1, 0.15) is 4.11 Å². The fourth-order valence-electron chi connectivity index (χ4n) is 7.68. The van der Waals surface area contributed by atoms with Gasteiger partial charge in [0, 0.05) is 4.47 Å². The zero-order valence-corrected chi connectivity index (χ0v) is 31.6. The third-order valence-corrected chi connectivity index (χ3v) is 19.5. The molecular formula is C48H37BrSi2. The van der Waals surface area contributed by atoms with Crippen LogP contribution in [-0.4, -0.2) is 16.1 Å². The molecule has 8 rings (SSSR count). The highest BCUT2D eigenvalue weighted by Gasteiger charge is 2.45. The van der Waals surface area contributed by atoms with Crippen molar-refractivity contribution in [2.45, 2.75) is 0 Å². The van der Waals surface area contributed by atoms with Crippen molar-refractivity contribution in [2.24, 2.45) is 0 Å². The molecule has 0 spiro atoms. The summed E-state index contributed by atoms with van der Waals surface area (Å²) in [5.41, 5.74) is 2.18. The van der Waals surface area contributed by atoms with Crippen LogP contribution in [0.15, 0.2) is 229 Å². The summed E-state index contributed by atoms with van der Waals surface area (Å²) < 4.78 is 31.2. The van der Waals surface area contributed by atoms with E-state index in [-0.39, 0.29) is 18.1 Å². The molecule has 244 valence electrons. The summed E-state index contributed by atoms with van der Waals surface area (Å²) in [6.07, 6.45) is 0. The Morgan fingerprint density at radius 3 is 0.961 bits per heavy atom. The Hall–Kier alpha value is -5.33. The molecule has 0 aromatic heterocycles. The first-order valence-corrected chi connectivity index (χ1v) is 22.0. The molecule has 0 saturated carbocycles. The predicted molar refractivity (Wildman–Crippen MR) is 227 cm³/mol. The Kier molecular flexibility index (Phi) is 8.36. The van der Waals surface area contributed by atoms with Crippen LogP contribution in [0, 0.1) is 0 Å². The number of rotatable bonds is 9. The predicted octanol–water partition coefficient (Wildman–Crippen LogP) is 6.87. The van der Waals surface area contributed by atoms with Crippen molar-refractivity contribution in [3.05, 3.63) is 229 Å². The van der Waals surface area contributed by atoms with Crippen LogP contribution in [0.2, 0.25) is 0 Å². The van der Waals surface area contributed by atoms with Crippen LogP contribution in [0.4, 0.5) is 0 Å². The summed E-state index contributed by atoms with van der Waals surface area (Å²) in [6.45, 7) is 0. The second-order valence-electron chi connectivity index (χ2n) is 12.7. The Bertz CT molecular complexity index is 2380. The van der Waals surface area contributed by atoms with Gasteiger partial charge in [0.15, 0.2) is 16.1 Å². The molecule has 0 aliphatic heterocycles. The normalized spacial score (nSPS) is 12.5. The monoisotopic (exact) mass is 751 g/mol. The number of benzene rings is 8. The molecule has 0 atom stereocenters. The summed E-state index contributed by atoms with van der Waals surface area (Å²) in [6, 6.07) is 72.2. The lowest BCUT2D eigenvalue weighted by atomic mass is 10.1. The fourth-order valence-corrected chi connectivity index (χ4v) is 17.7. The van der Waals surface area contributed by atoms with E-state index < -0.39 is 16.1 Å². The van der Waals surface area contributed by atoms with Crippen molar-refractivity contribution >= 4 is 73.6 Å². The van der Waals surface area contributed by atoms with E-state index in [1.807, 2.05) is 36.4 Å². The smallest absolute Gasteiger partial charge is 0.0623 e. The standard InChI is InChI=1S/C48H37BrSi2/c49-40-35-47(50(41-23-9-2-10-24-41,42-25-11-3-12-26-42)43-27-13-4-14-28-43)37-48(36-40)51(44-29-15-5-16-30-44,45-31-17-6-18-32-45)46-33-19-22-39(34-46)38-20-7-1-8-21-38/h1-37H/i35D,36D,37D. The highest BCUT2D eigenvalue weighted by Crippen LogP contribution is 2.21. The molecular weight excluding hydrogens is 713 g/mol. The minimum Gasteiger partial charge on any atom is -0.0623 e. The minimum absolute atomic E-state index is 0.190. The molecule has 0 nitrogen and oxygen atoms in total. The van der Waals surface area contributed by atoms with E-state index in [1.165, 1.54) is 0 Å². The largest absolute Gasteiger partial charge is 0.179 e. The fraction of sp³-hybridized carbons (Fsp3) is 0. The minimum atomic E-state index is -3.49. The summed E-state index contributed by atoms with van der Waals surface area (Å²) in [4.78, 5) is 0. The Labute approximate surface area is 316 Å². The maximum Gasteiger partial charge on any atom is 0.179 e. The lowest BCUT2D eigenvalue weighted by molar-refractivity contribution is 1.62. The topological polar surface area (TPSA) is 0 Å². The van der Waals surface area contributed by atoms with Crippen molar-refractivity contribution in [2.75, 3.05) is 0 Å². The third kappa shape index (κ3) is 5.98. The van der Waals surface area contributed by atoms with E-state index in [0.29, 0.717) is 14.8 Å². The van der Waals surface area contributed by atoms with E-state index in [4.69, 9.17) is 0 Å². The van der Waals surface area contributed by atoms with Crippen molar-refractivity contribution in [1.82, 2.24) is 0 Å². The first kappa shape index (κ1) is 29.4. The van der Waals surface area contributed by atoms with Crippen molar-refractivity contribution in [3.8, 4) is 11.1 Å². The third-order valence-electron chi connectivity index (χ3n) is 9.91. The van der Waals surface area contributed by atoms with Gasteiger partial charge in [0.1, 0.15) is 0 Å². The molecule has 0 radical (unpaired) electrons. The van der Waals surface area contributed by atoms with Gasteiger partial charge in [0.2, 0.25) is 0 Å². The molecule has 0 fully saturated rings. The molecule has 8 aromatic rings. The van der Waals surface area contributed by atoms with Crippen LogP contribution in [0.25, 0.3) is 11.1 Å². The van der Waals surface area contributed by atoms with E-state index in [1.54, 1.807) is 0 Å². The van der Waals surface area contributed by atoms with Gasteiger partial charge in [-0.3, -0.25) is 0 Å². The molecule has 0 bridgehead atoms. The van der Waals surface area contributed by atoms with E-state index in [0.717, 1.165) is 42.2 Å². The Morgan fingerprint density at radius 2 is 0.588 bits per heavy atom. The van der Waals surface area contributed by atoms with Gasteiger partial charge >= 0.3 is 0 Å². The SMILES string of the molecule is [2H]c1c(Br)c([2H])c([Si](c2ccccc2)(c2ccccc2)c2cccc(-c3ccccc3)c2)c([2H])c1[Si](c1ccccc1)(c1ccccc1)c1ccccc1. The van der Waals surface area contributed by atoms with Crippen molar-refractivity contribution < 1.29 is 4.11 Å². The molecule has 0 aliphatic carbocycles. The molecule has 0 aliphatic rings. The van der Waals surface area contributed by atoms with Crippen LogP contribution in [0.5, 0.6) is 0 Å². The molecule has 51 heavy (non-hydrogen) atoms. The summed E-state index contributed by atoms with van der Waals surface area (Å²) in [5.74, 6) is 0. The second-order valence-corrected chi connectivity index (χ2v) is 21.0. The number of hydrogen-bond donors (Lipinski definition) is 0. The first-order chi connectivity index (χ1) is 26.5.